The van der Waals surface area contributed by atoms with Crippen molar-refractivity contribution in [2.75, 3.05) is 13.2 Å². The second kappa shape index (κ2) is 10.5. The summed E-state index contributed by atoms with van der Waals surface area (Å²) < 4.78 is 129. The lowest BCUT2D eigenvalue weighted by Crippen LogP contribution is -2.41. The first-order valence-corrected chi connectivity index (χ1v) is 12.1. The Bertz CT molecular complexity index is 970. The Morgan fingerprint density at radius 3 is 2.26 bits per heavy atom. The minimum atomic E-state index is -4.55. The van der Waals surface area contributed by atoms with Crippen molar-refractivity contribution in [1.29, 1.82) is 0 Å². The van der Waals surface area contributed by atoms with Crippen LogP contribution < -0.4 is 0 Å². The molecule has 3 aliphatic carbocycles. The second-order valence-corrected chi connectivity index (χ2v) is 10.5. The highest BCUT2D eigenvalue weighted by Crippen LogP contribution is 2.47. The quantitative estimate of drug-likeness (QED) is 0.191. The smallest absolute Gasteiger partial charge is 0.410 e. The predicted octanol–water partition coefficient (Wildman–Crippen LogP) is 6.83. The van der Waals surface area contributed by atoms with Crippen LogP contribution in [0.3, 0.4) is 0 Å². The summed E-state index contributed by atoms with van der Waals surface area (Å²) in [5.74, 6) is -9.47. The number of hydrogen-bond donors (Lipinski definition) is 0. The number of rotatable bonds is 5. The number of hydrogen-bond acceptors (Lipinski definition) is 3. The average Bonchev–Trinajstić information content (AvgIpc) is 2.76. The Balaban J connectivity index is 1.46. The molecule has 0 amide bonds. The van der Waals surface area contributed by atoms with Gasteiger partial charge in [-0.15, -0.1) is 0 Å². The lowest BCUT2D eigenvalue weighted by atomic mass is 9.78. The fourth-order valence-corrected chi connectivity index (χ4v) is 4.83. The molecule has 4 aliphatic rings. The predicted molar refractivity (Wildman–Crippen MR) is 118 cm³/mol. The SMILES string of the molecule is FC1=C[C@H](C2OCC(I)CO2)CC=C1[C@H]1C=C(F)[C@@H](C(F)(F)OC2=CC(F)[C@H](F)C(F)=C2)C(F)C1. The molecule has 194 valence electrons. The summed E-state index contributed by atoms with van der Waals surface area (Å²) in [6.07, 6.45) is -9.60. The molecule has 4 rings (SSSR count). The molecule has 0 aromatic heterocycles. The van der Waals surface area contributed by atoms with Crippen molar-refractivity contribution >= 4 is 22.6 Å². The summed E-state index contributed by atoms with van der Waals surface area (Å²) in [7, 11) is 0. The van der Waals surface area contributed by atoms with E-state index in [9.17, 15) is 35.1 Å². The third kappa shape index (κ3) is 5.79. The van der Waals surface area contributed by atoms with E-state index in [0.717, 1.165) is 0 Å². The summed E-state index contributed by atoms with van der Waals surface area (Å²) in [6.45, 7) is 0.871. The molecule has 1 heterocycles. The Hall–Kier alpha value is -1.41. The molecule has 35 heavy (non-hydrogen) atoms. The van der Waals surface area contributed by atoms with Crippen LogP contribution in [0, 0.1) is 17.8 Å². The molecule has 6 atom stereocenters. The zero-order chi connectivity index (χ0) is 25.5. The number of halogens is 9. The van der Waals surface area contributed by atoms with Crippen LogP contribution >= 0.6 is 22.6 Å². The maximum Gasteiger partial charge on any atom is 0.410 e. The molecule has 0 spiro atoms. The largest absolute Gasteiger partial charge is 0.432 e. The van der Waals surface area contributed by atoms with Crippen LogP contribution in [0.1, 0.15) is 12.8 Å². The van der Waals surface area contributed by atoms with Gasteiger partial charge in [0.15, 0.2) is 18.6 Å². The zero-order valence-electron chi connectivity index (χ0n) is 18.0. The van der Waals surface area contributed by atoms with E-state index >= 15 is 0 Å². The summed E-state index contributed by atoms with van der Waals surface area (Å²) in [5.41, 5.74) is -0.0430. The molecular formula is C23H21F8IO3. The van der Waals surface area contributed by atoms with E-state index in [1.165, 1.54) is 12.2 Å². The summed E-state index contributed by atoms with van der Waals surface area (Å²) in [6, 6.07) is 0. The number of alkyl halides is 6. The van der Waals surface area contributed by atoms with Gasteiger partial charge >= 0.3 is 6.11 Å². The van der Waals surface area contributed by atoms with Crippen LogP contribution in [0.15, 0.2) is 59.2 Å². The first kappa shape index (κ1) is 26.6. The average molecular weight is 624 g/mol. The minimum Gasteiger partial charge on any atom is -0.432 e. The van der Waals surface area contributed by atoms with E-state index in [1.54, 1.807) is 0 Å². The standard InChI is InChI=1S/C23H21F8IO3/c24-15-3-10(22-33-8-12(32)9-34-22)1-2-14(15)11-4-16(25)20(17(26)5-11)23(30,31)35-13-6-18(27)21(29)19(28)7-13/h2-4,6-7,10-12,17-18,20-22H,1,5,8-9H2/t10-,11+,12?,17?,18?,20-,21+,22?/m1/s1. The molecule has 1 fully saturated rings. The van der Waals surface area contributed by atoms with Crippen molar-refractivity contribution in [3.63, 3.8) is 0 Å². The van der Waals surface area contributed by atoms with Crippen LogP contribution in [0.2, 0.25) is 0 Å². The van der Waals surface area contributed by atoms with Gasteiger partial charge in [0.05, 0.1) is 17.1 Å². The van der Waals surface area contributed by atoms with Gasteiger partial charge in [-0.3, -0.25) is 0 Å². The molecule has 0 bridgehead atoms. The Labute approximate surface area is 209 Å². The first-order valence-electron chi connectivity index (χ1n) is 10.9. The van der Waals surface area contributed by atoms with E-state index in [1.807, 2.05) is 0 Å². The maximum absolute atomic E-state index is 14.8. The van der Waals surface area contributed by atoms with Crippen molar-refractivity contribution in [1.82, 2.24) is 0 Å². The highest BCUT2D eigenvalue weighted by molar-refractivity contribution is 14.1. The number of ether oxygens (including phenoxy) is 3. The fourth-order valence-electron chi connectivity index (χ4n) is 4.42. The van der Waals surface area contributed by atoms with Crippen molar-refractivity contribution in [2.24, 2.45) is 17.8 Å². The van der Waals surface area contributed by atoms with Crippen molar-refractivity contribution in [3.8, 4) is 0 Å². The number of allylic oxidation sites excluding steroid dienone is 7. The summed E-state index contributed by atoms with van der Waals surface area (Å²) in [5, 5.41) is 0. The molecule has 1 saturated heterocycles. The lowest BCUT2D eigenvalue weighted by Gasteiger charge is -2.35. The van der Waals surface area contributed by atoms with Crippen molar-refractivity contribution in [2.45, 2.75) is 47.7 Å². The fraction of sp³-hybridized carbons (Fsp3) is 0.565. The van der Waals surface area contributed by atoms with E-state index in [2.05, 4.69) is 27.3 Å². The highest BCUT2D eigenvalue weighted by atomic mass is 127. The molecule has 0 radical (unpaired) electrons. The van der Waals surface area contributed by atoms with Crippen LogP contribution in [-0.2, 0) is 14.2 Å². The van der Waals surface area contributed by atoms with Gasteiger partial charge in [-0.25, -0.2) is 26.3 Å². The molecule has 0 N–H and O–H groups in total. The molecular weight excluding hydrogens is 603 g/mol. The van der Waals surface area contributed by atoms with E-state index in [4.69, 9.17) is 9.47 Å². The van der Waals surface area contributed by atoms with Gasteiger partial charge in [0.25, 0.3) is 0 Å². The molecule has 0 aromatic carbocycles. The van der Waals surface area contributed by atoms with Crippen LogP contribution in [0.5, 0.6) is 0 Å². The van der Waals surface area contributed by atoms with Gasteiger partial charge in [-0.2, -0.15) is 8.78 Å². The normalized spacial score (nSPS) is 38.6. The Morgan fingerprint density at radius 1 is 0.971 bits per heavy atom. The minimum absolute atomic E-state index is 0.0430. The monoisotopic (exact) mass is 624 g/mol. The summed E-state index contributed by atoms with van der Waals surface area (Å²) >= 11 is 2.16. The molecule has 3 nitrogen and oxygen atoms in total. The van der Waals surface area contributed by atoms with Gasteiger partial charge in [-0.05, 0) is 36.6 Å². The third-order valence-corrected chi connectivity index (χ3v) is 6.86. The first-order chi connectivity index (χ1) is 16.5. The zero-order valence-corrected chi connectivity index (χ0v) is 20.1. The van der Waals surface area contributed by atoms with E-state index in [0.29, 0.717) is 19.3 Å². The molecule has 2 unspecified atom stereocenters. The van der Waals surface area contributed by atoms with Gasteiger partial charge in [0, 0.05) is 17.9 Å². The third-order valence-electron chi connectivity index (χ3n) is 6.14. The van der Waals surface area contributed by atoms with Gasteiger partial charge in [0.2, 0.25) is 0 Å². The van der Waals surface area contributed by atoms with Crippen molar-refractivity contribution < 1.29 is 49.3 Å². The Morgan fingerprint density at radius 2 is 1.66 bits per heavy atom. The molecule has 12 heteroatoms. The second-order valence-electron chi connectivity index (χ2n) is 8.70. The highest BCUT2D eigenvalue weighted by Gasteiger charge is 2.53. The lowest BCUT2D eigenvalue weighted by molar-refractivity contribution is -0.255. The van der Waals surface area contributed by atoms with Crippen LogP contribution in [0.4, 0.5) is 35.1 Å². The summed E-state index contributed by atoms with van der Waals surface area (Å²) in [4.78, 5) is 0. The molecule has 0 saturated carbocycles. The Kier molecular flexibility index (Phi) is 8.01. The molecule has 1 aliphatic heterocycles. The van der Waals surface area contributed by atoms with Crippen LogP contribution in [0.25, 0.3) is 0 Å². The van der Waals surface area contributed by atoms with Crippen LogP contribution in [-0.4, -0.2) is 48.1 Å². The van der Waals surface area contributed by atoms with Crippen molar-refractivity contribution in [3.05, 3.63) is 59.2 Å². The topological polar surface area (TPSA) is 27.7 Å². The van der Waals surface area contributed by atoms with E-state index in [-0.39, 0.29) is 28.1 Å². The van der Waals surface area contributed by atoms with Gasteiger partial charge in [-0.1, -0.05) is 28.7 Å². The molecule has 0 aromatic rings. The maximum atomic E-state index is 14.8. The van der Waals surface area contributed by atoms with Gasteiger partial charge < -0.3 is 14.2 Å². The van der Waals surface area contributed by atoms with E-state index < -0.39 is 78.3 Å². The van der Waals surface area contributed by atoms with Gasteiger partial charge in [0.1, 0.15) is 35.3 Å².